The van der Waals surface area contributed by atoms with E-state index in [4.69, 9.17) is 9.26 Å². The summed E-state index contributed by atoms with van der Waals surface area (Å²) in [4.78, 5) is 19.9. The van der Waals surface area contributed by atoms with Crippen molar-refractivity contribution in [1.29, 1.82) is 0 Å². The molecule has 0 spiro atoms. The average molecular weight is 342 g/mol. The second kappa shape index (κ2) is 6.03. The number of hydrogen-bond acceptors (Lipinski definition) is 6. The lowest BCUT2D eigenvalue weighted by Gasteiger charge is -2.29. The van der Waals surface area contributed by atoms with Crippen LogP contribution in [0.1, 0.15) is 42.9 Å². The number of halogens is 2. The van der Waals surface area contributed by atoms with E-state index in [2.05, 4.69) is 10.1 Å². The van der Waals surface area contributed by atoms with Crippen LogP contribution >= 0.6 is 0 Å². The van der Waals surface area contributed by atoms with Crippen molar-refractivity contribution < 1.29 is 22.8 Å². The standard InChI is InChI=1S/C15H20F2N4O3/c16-15(17)7-11(14-18-13(19-24-14)10-1-2-10)21(9-15)12(22)8-20-3-5-23-6-4-20/h10-11H,1-9H2/t11-/m0/s1. The van der Waals surface area contributed by atoms with Gasteiger partial charge in [0.25, 0.3) is 5.92 Å². The van der Waals surface area contributed by atoms with Gasteiger partial charge >= 0.3 is 0 Å². The number of likely N-dealkylation sites (tertiary alicyclic amines) is 1. The summed E-state index contributed by atoms with van der Waals surface area (Å²) in [6, 6.07) is -0.839. The quantitative estimate of drug-likeness (QED) is 0.818. The Morgan fingerprint density at radius 2 is 2.04 bits per heavy atom. The van der Waals surface area contributed by atoms with Crippen molar-refractivity contribution in [3.05, 3.63) is 11.7 Å². The number of rotatable bonds is 4. The Labute approximate surface area is 137 Å². The molecule has 0 bridgehead atoms. The van der Waals surface area contributed by atoms with Crippen molar-refractivity contribution in [1.82, 2.24) is 19.9 Å². The molecule has 4 rings (SSSR count). The molecular formula is C15H20F2N4O3. The summed E-state index contributed by atoms with van der Waals surface area (Å²) in [5, 5.41) is 3.88. The number of amides is 1. The summed E-state index contributed by atoms with van der Waals surface area (Å²) in [6.07, 6.45) is 1.53. The zero-order valence-corrected chi connectivity index (χ0v) is 13.3. The highest BCUT2D eigenvalue weighted by Gasteiger charge is 2.50. The highest BCUT2D eigenvalue weighted by atomic mass is 19.3. The van der Waals surface area contributed by atoms with Crippen LogP contribution in [0.5, 0.6) is 0 Å². The third-order valence-electron chi connectivity index (χ3n) is 4.74. The number of alkyl halides is 2. The molecule has 0 N–H and O–H groups in total. The van der Waals surface area contributed by atoms with Gasteiger partial charge in [-0.25, -0.2) is 8.78 Å². The summed E-state index contributed by atoms with van der Waals surface area (Å²) in [7, 11) is 0. The van der Waals surface area contributed by atoms with Gasteiger partial charge in [-0.1, -0.05) is 5.16 Å². The van der Waals surface area contributed by atoms with Gasteiger partial charge in [0.1, 0.15) is 6.04 Å². The Morgan fingerprint density at radius 1 is 1.29 bits per heavy atom. The van der Waals surface area contributed by atoms with E-state index < -0.39 is 24.9 Å². The zero-order chi connectivity index (χ0) is 16.7. The average Bonchev–Trinajstić information content (AvgIpc) is 3.19. The van der Waals surface area contributed by atoms with E-state index in [-0.39, 0.29) is 24.3 Å². The van der Waals surface area contributed by atoms with E-state index in [1.807, 2.05) is 4.90 Å². The molecular weight excluding hydrogens is 322 g/mol. The molecule has 1 atom stereocenters. The summed E-state index contributed by atoms with van der Waals surface area (Å²) in [5.74, 6) is -2.28. The van der Waals surface area contributed by atoms with Crippen LogP contribution in [0.3, 0.4) is 0 Å². The molecule has 1 aromatic heterocycles. The van der Waals surface area contributed by atoms with E-state index in [1.165, 1.54) is 4.90 Å². The predicted octanol–water partition coefficient (Wildman–Crippen LogP) is 1.19. The molecule has 3 fully saturated rings. The molecule has 1 saturated carbocycles. The zero-order valence-electron chi connectivity index (χ0n) is 13.3. The molecule has 0 radical (unpaired) electrons. The lowest BCUT2D eigenvalue weighted by Crippen LogP contribution is -2.45. The Hall–Kier alpha value is -1.61. The van der Waals surface area contributed by atoms with Crippen molar-refractivity contribution in [2.45, 2.75) is 37.1 Å². The number of nitrogens with zero attached hydrogens (tertiary/aromatic N) is 4. The fourth-order valence-corrected chi connectivity index (χ4v) is 3.23. The van der Waals surface area contributed by atoms with Crippen LogP contribution in [0.4, 0.5) is 8.78 Å². The van der Waals surface area contributed by atoms with Crippen LogP contribution in [0.15, 0.2) is 4.52 Å². The van der Waals surface area contributed by atoms with Gasteiger partial charge in [0, 0.05) is 25.4 Å². The fourth-order valence-electron chi connectivity index (χ4n) is 3.23. The maximum Gasteiger partial charge on any atom is 0.267 e. The van der Waals surface area contributed by atoms with Gasteiger partial charge in [0.05, 0.1) is 26.3 Å². The number of hydrogen-bond donors (Lipinski definition) is 0. The Balaban J connectivity index is 1.48. The van der Waals surface area contributed by atoms with Crippen LogP contribution in [-0.2, 0) is 9.53 Å². The molecule has 1 aliphatic carbocycles. The minimum atomic E-state index is -2.93. The van der Waals surface area contributed by atoms with Gasteiger partial charge in [-0.15, -0.1) is 0 Å². The Morgan fingerprint density at radius 3 is 2.75 bits per heavy atom. The van der Waals surface area contributed by atoms with Gasteiger partial charge in [-0.2, -0.15) is 4.98 Å². The van der Waals surface area contributed by atoms with Crippen LogP contribution in [0.25, 0.3) is 0 Å². The van der Waals surface area contributed by atoms with Gasteiger partial charge in [0.15, 0.2) is 5.82 Å². The molecule has 1 amide bonds. The molecule has 2 saturated heterocycles. The minimum Gasteiger partial charge on any atom is -0.379 e. The fraction of sp³-hybridized carbons (Fsp3) is 0.800. The second-order valence-corrected chi connectivity index (χ2v) is 6.75. The minimum absolute atomic E-state index is 0.111. The molecule has 1 aromatic rings. The van der Waals surface area contributed by atoms with Crippen molar-refractivity contribution in [3.8, 4) is 0 Å². The predicted molar refractivity (Wildman–Crippen MR) is 77.6 cm³/mol. The highest BCUT2D eigenvalue weighted by molar-refractivity contribution is 5.79. The monoisotopic (exact) mass is 342 g/mol. The van der Waals surface area contributed by atoms with Crippen molar-refractivity contribution in [2.24, 2.45) is 0 Å². The van der Waals surface area contributed by atoms with E-state index in [0.29, 0.717) is 32.1 Å². The van der Waals surface area contributed by atoms with Crippen LogP contribution in [0, 0.1) is 0 Å². The Bertz CT molecular complexity index is 614. The first-order valence-electron chi connectivity index (χ1n) is 8.33. The number of morpholine rings is 1. The molecule has 0 aromatic carbocycles. The lowest BCUT2D eigenvalue weighted by atomic mass is 10.2. The first kappa shape index (κ1) is 15.9. The maximum atomic E-state index is 13.9. The van der Waals surface area contributed by atoms with Crippen LogP contribution < -0.4 is 0 Å². The van der Waals surface area contributed by atoms with Gasteiger partial charge in [-0.3, -0.25) is 9.69 Å². The maximum absolute atomic E-state index is 13.9. The van der Waals surface area contributed by atoms with Crippen molar-refractivity contribution >= 4 is 5.91 Å². The SMILES string of the molecule is O=C(CN1CCOCC1)N1CC(F)(F)C[C@H]1c1nc(C2CC2)no1. The molecule has 132 valence electrons. The third kappa shape index (κ3) is 3.27. The largest absolute Gasteiger partial charge is 0.379 e. The third-order valence-corrected chi connectivity index (χ3v) is 4.74. The number of carbonyl (C=O) groups is 1. The van der Waals surface area contributed by atoms with E-state index >= 15 is 0 Å². The van der Waals surface area contributed by atoms with Crippen LogP contribution in [-0.4, -0.2) is 71.2 Å². The second-order valence-electron chi connectivity index (χ2n) is 6.75. The summed E-state index contributed by atoms with van der Waals surface area (Å²) >= 11 is 0. The van der Waals surface area contributed by atoms with Crippen LogP contribution in [0.2, 0.25) is 0 Å². The van der Waals surface area contributed by atoms with Gasteiger partial charge in [-0.05, 0) is 12.8 Å². The molecule has 7 nitrogen and oxygen atoms in total. The van der Waals surface area contributed by atoms with E-state index in [9.17, 15) is 13.6 Å². The molecule has 3 aliphatic rings. The molecule has 9 heteroatoms. The topological polar surface area (TPSA) is 71.7 Å². The normalized spacial score (nSPS) is 27.6. The number of ether oxygens (including phenoxy) is 1. The van der Waals surface area contributed by atoms with Gasteiger partial charge in [0.2, 0.25) is 11.8 Å². The molecule has 3 heterocycles. The summed E-state index contributed by atoms with van der Waals surface area (Å²) in [5.41, 5.74) is 0. The Kier molecular flexibility index (Phi) is 4.00. The summed E-state index contributed by atoms with van der Waals surface area (Å²) in [6.45, 7) is 1.89. The first-order chi connectivity index (χ1) is 11.5. The smallest absolute Gasteiger partial charge is 0.267 e. The van der Waals surface area contributed by atoms with E-state index in [1.54, 1.807) is 0 Å². The van der Waals surface area contributed by atoms with Gasteiger partial charge < -0.3 is 14.2 Å². The lowest BCUT2D eigenvalue weighted by molar-refractivity contribution is -0.136. The molecule has 2 aliphatic heterocycles. The number of carbonyl (C=O) groups excluding carboxylic acids is 1. The summed E-state index contributed by atoms with van der Waals surface area (Å²) < 4.78 is 38.3. The number of aromatic nitrogens is 2. The van der Waals surface area contributed by atoms with E-state index in [0.717, 1.165) is 12.8 Å². The first-order valence-corrected chi connectivity index (χ1v) is 8.33. The molecule has 0 unspecified atom stereocenters. The van der Waals surface area contributed by atoms with Crippen molar-refractivity contribution in [2.75, 3.05) is 39.4 Å². The highest BCUT2D eigenvalue weighted by Crippen LogP contribution is 2.43. The molecule has 24 heavy (non-hydrogen) atoms. The van der Waals surface area contributed by atoms with Crippen molar-refractivity contribution in [3.63, 3.8) is 0 Å².